The van der Waals surface area contributed by atoms with Crippen LogP contribution in [0.4, 0.5) is 0 Å². The van der Waals surface area contributed by atoms with E-state index in [4.69, 9.17) is 4.52 Å². The van der Waals surface area contributed by atoms with Crippen molar-refractivity contribution in [2.45, 2.75) is 31.6 Å². The Balaban J connectivity index is 1.93. The summed E-state index contributed by atoms with van der Waals surface area (Å²) < 4.78 is 5.49. The topological polar surface area (TPSA) is 91.4 Å². The number of nitrogens with one attached hydrogen (secondary N) is 1. The summed E-state index contributed by atoms with van der Waals surface area (Å²) in [7, 11) is 0. The second-order valence-electron chi connectivity index (χ2n) is 5.51. The van der Waals surface area contributed by atoms with Crippen LogP contribution in [0.2, 0.25) is 0 Å². The highest BCUT2D eigenvalue weighted by atomic mass is 16.5. The molecule has 0 unspecified atom stereocenters. The largest absolute Gasteiger partial charge is 0.504 e. The maximum Gasteiger partial charge on any atom is 0.233 e. The van der Waals surface area contributed by atoms with E-state index in [0.29, 0.717) is 17.3 Å². The molecule has 0 bridgehead atoms. The monoisotopic (exact) mass is 289 g/mol. The summed E-state index contributed by atoms with van der Waals surface area (Å²) in [6.07, 6.45) is 2.91. The molecule has 0 radical (unpaired) electrons. The van der Waals surface area contributed by atoms with E-state index in [2.05, 4.69) is 22.4 Å². The number of phenols is 2. The fraction of sp³-hybridized carbons (Fsp3) is 0.467. The van der Waals surface area contributed by atoms with E-state index in [9.17, 15) is 10.2 Å². The normalized spacial score (nSPS) is 17.8. The number of aromatic nitrogens is 2. The van der Waals surface area contributed by atoms with Gasteiger partial charge in [0.2, 0.25) is 11.7 Å². The first-order chi connectivity index (χ1) is 10.1. The number of nitrogens with zero attached hydrogens (tertiary/aromatic N) is 2. The van der Waals surface area contributed by atoms with Crippen LogP contribution in [0.5, 0.6) is 11.5 Å². The first kappa shape index (κ1) is 13.9. The number of rotatable bonds is 3. The fourth-order valence-corrected chi connectivity index (χ4v) is 2.84. The molecule has 3 N–H and O–H groups in total. The van der Waals surface area contributed by atoms with E-state index in [-0.39, 0.29) is 16.9 Å². The Labute approximate surface area is 122 Å². The lowest BCUT2D eigenvalue weighted by Crippen LogP contribution is -2.39. The quantitative estimate of drug-likeness (QED) is 0.750. The summed E-state index contributed by atoms with van der Waals surface area (Å²) in [4.78, 5) is 4.52. The molecule has 0 atom stereocenters. The lowest BCUT2D eigenvalue weighted by molar-refractivity contribution is 0.216. The van der Waals surface area contributed by atoms with Crippen molar-refractivity contribution in [1.29, 1.82) is 0 Å². The van der Waals surface area contributed by atoms with Crippen LogP contribution in [0, 0.1) is 0 Å². The van der Waals surface area contributed by atoms with Gasteiger partial charge in [0.25, 0.3) is 0 Å². The van der Waals surface area contributed by atoms with Gasteiger partial charge in [0.1, 0.15) is 0 Å². The van der Waals surface area contributed by atoms with Gasteiger partial charge in [0.15, 0.2) is 11.5 Å². The van der Waals surface area contributed by atoms with Crippen LogP contribution in [0.3, 0.4) is 0 Å². The molecule has 2 heterocycles. The first-order valence-corrected chi connectivity index (χ1v) is 7.22. The molecule has 1 fully saturated rings. The minimum Gasteiger partial charge on any atom is -0.504 e. The van der Waals surface area contributed by atoms with Gasteiger partial charge in [-0.2, -0.15) is 4.98 Å². The fourth-order valence-electron chi connectivity index (χ4n) is 2.84. The minimum absolute atomic E-state index is 0.0601. The molecular formula is C15H19N3O3. The van der Waals surface area contributed by atoms with Crippen molar-refractivity contribution in [3.63, 3.8) is 0 Å². The van der Waals surface area contributed by atoms with Crippen molar-refractivity contribution in [3.05, 3.63) is 24.1 Å². The number of hydrogen-bond donors (Lipinski definition) is 3. The van der Waals surface area contributed by atoms with Gasteiger partial charge in [-0.05, 0) is 50.6 Å². The Morgan fingerprint density at radius 1 is 1.24 bits per heavy atom. The van der Waals surface area contributed by atoms with E-state index in [1.54, 1.807) is 6.07 Å². The molecular weight excluding hydrogens is 270 g/mol. The lowest BCUT2D eigenvalue weighted by atomic mass is 9.76. The molecule has 1 aromatic carbocycles. The maximum atomic E-state index is 9.57. The van der Waals surface area contributed by atoms with Crippen molar-refractivity contribution in [1.82, 2.24) is 15.5 Å². The second kappa shape index (κ2) is 5.37. The molecule has 0 saturated carbocycles. The molecule has 3 rings (SSSR count). The summed E-state index contributed by atoms with van der Waals surface area (Å²) in [6, 6.07) is 4.51. The Morgan fingerprint density at radius 2 is 2.00 bits per heavy atom. The molecule has 2 aromatic rings. The average Bonchev–Trinajstić information content (AvgIpc) is 3.01. The molecule has 21 heavy (non-hydrogen) atoms. The molecule has 1 aliphatic heterocycles. The van der Waals surface area contributed by atoms with Crippen LogP contribution in [0.25, 0.3) is 11.4 Å². The number of phenolic OH excluding ortho intramolecular Hbond substituents is 2. The number of benzene rings is 1. The highest BCUT2D eigenvalue weighted by Crippen LogP contribution is 2.37. The SMILES string of the molecule is CCC1(c2nc(-c3ccc(O)c(O)c3)no2)CCNCC1. The first-order valence-electron chi connectivity index (χ1n) is 7.22. The van der Waals surface area contributed by atoms with Crippen LogP contribution in [-0.4, -0.2) is 33.4 Å². The summed E-state index contributed by atoms with van der Waals surface area (Å²) in [5, 5.41) is 26.3. The van der Waals surface area contributed by atoms with Crippen LogP contribution in [-0.2, 0) is 5.41 Å². The third-order valence-electron chi connectivity index (χ3n) is 4.35. The Hall–Kier alpha value is -2.08. The number of aromatic hydroxyl groups is 2. The molecule has 0 aliphatic carbocycles. The molecule has 6 nitrogen and oxygen atoms in total. The summed E-state index contributed by atoms with van der Waals surface area (Å²) in [6.45, 7) is 4.04. The summed E-state index contributed by atoms with van der Waals surface area (Å²) in [5.74, 6) is 0.748. The maximum absolute atomic E-state index is 9.57. The zero-order chi connectivity index (χ0) is 14.9. The van der Waals surface area contributed by atoms with E-state index < -0.39 is 0 Å². The predicted octanol–water partition coefficient (Wildman–Crippen LogP) is 2.18. The predicted molar refractivity (Wildman–Crippen MR) is 77.1 cm³/mol. The number of piperidine rings is 1. The van der Waals surface area contributed by atoms with Gasteiger partial charge in [-0.1, -0.05) is 12.1 Å². The second-order valence-corrected chi connectivity index (χ2v) is 5.51. The van der Waals surface area contributed by atoms with Crippen molar-refractivity contribution < 1.29 is 14.7 Å². The highest BCUT2D eigenvalue weighted by Gasteiger charge is 2.37. The van der Waals surface area contributed by atoms with Gasteiger partial charge in [0.05, 0.1) is 5.41 Å². The van der Waals surface area contributed by atoms with Crippen molar-refractivity contribution in [2.24, 2.45) is 0 Å². The molecule has 0 amide bonds. The summed E-state index contributed by atoms with van der Waals surface area (Å²) >= 11 is 0. The zero-order valence-corrected chi connectivity index (χ0v) is 12.0. The zero-order valence-electron chi connectivity index (χ0n) is 12.0. The molecule has 0 spiro atoms. The molecule has 112 valence electrons. The minimum atomic E-state index is -0.189. The number of hydrogen-bond acceptors (Lipinski definition) is 6. The van der Waals surface area contributed by atoms with Gasteiger partial charge in [-0.15, -0.1) is 0 Å². The van der Waals surface area contributed by atoms with Crippen molar-refractivity contribution >= 4 is 0 Å². The van der Waals surface area contributed by atoms with Gasteiger partial charge in [0, 0.05) is 5.56 Å². The van der Waals surface area contributed by atoms with E-state index in [0.717, 1.165) is 32.4 Å². The molecule has 6 heteroatoms. The Bertz CT molecular complexity index is 633. The van der Waals surface area contributed by atoms with Crippen LogP contribution in [0.15, 0.2) is 22.7 Å². The average molecular weight is 289 g/mol. The van der Waals surface area contributed by atoms with Gasteiger partial charge >= 0.3 is 0 Å². The van der Waals surface area contributed by atoms with Crippen molar-refractivity contribution in [2.75, 3.05) is 13.1 Å². The lowest BCUT2D eigenvalue weighted by Gasteiger charge is -2.33. The Morgan fingerprint density at radius 3 is 2.67 bits per heavy atom. The highest BCUT2D eigenvalue weighted by molar-refractivity contribution is 5.60. The van der Waals surface area contributed by atoms with Gasteiger partial charge in [-0.3, -0.25) is 0 Å². The van der Waals surface area contributed by atoms with Gasteiger partial charge in [-0.25, -0.2) is 0 Å². The third kappa shape index (κ3) is 2.47. The molecule has 1 aromatic heterocycles. The smallest absolute Gasteiger partial charge is 0.233 e. The van der Waals surface area contributed by atoms with Gasteiger partial charge < -0.3 is 20.1 Å². The third-order valence-corrected chi connectivity index (χ3v) is 4.35. The standard InChI is InChI=1S/C15H19N3O3/c1-2-15(5-7-16-8-6-15)14-17-13(18-21-14)10-3-4-11(19)12(20)9-10/h3-4,9,16,19-20H,2,5-8H2,1H3. The van der Waals surface area contributed by atoms with Crippen molar-refractivity contribution in [3.8, 4) is 22.9 Å². The van der Waals surface area contributed by atoms with Crippen LogP contribution >= 0.6 is 0 Å². The molecule has 1 aliphatic rings. The van der Waals surface area contributed by atoms with E-state index >= 15 is 0 Å². The van der Waals surface area contributed by atoms with Crippen LogP contribution in [0.1, 0.15) is 32.1 Å². The summed E-state index contributed by atoms with van der Waals surface area (Å²) in [5.41, 5.74) is 0.565. The van der Waals surface area contributed by atoms with E-state index in [1.807, 2.05) is 0 Å². The molecule has 1 saturated heterocycles. The Kier molecular flexibility index (Phi) is 3.55. The van der Waals surface area contributed by atoms with E-state index in [1.165, 1.54) is 12.1 Å². The van der Waals surface area contributed by atoms with Crippen LogP contribution < -0.4 is 5.32 Å².